The second kappa shape index (κ2) is 8.05. The zero-order valence-corrected chi connectivity index (χ0v) is 17.2. The lowest BCUT2D eigenvalue weighted by Gasteiger charge is -2.28. The summed E-state index contributed by atoms with van der Waals surface area (Å²) in [7, 11) is -3.46. The van der Waals surface area contributed by atoms with Gasteiger partial charge in [-0.15, -0.1) is 0 Å². The van der Waals surface area contributed by atoms with Crippen molar-refractivity contribution in [1.82, 2.24) is 9.62 Å². The van der Waals surface area contributed by atoms with E-state index in [0.29, 0.717) is 12.1 Å². The highest BCUT2D eigenvalue weighted by Crippen LogP contribution is 2.21. The molecule has 1 aliphatic rings. The van der Waals surface area contributed by atoms with Crippen molar-refractivity contribution in [2.45, 2.75) is 51.0 Å². The number of rotatable bonds is 5. The third-order valence-corrected chi connectivity index (χ3v) is 5.66. The number of halogens is 1. The molecule has 140 valence electrons. The van der Waals surface area contributed by atoms with Crippen LogP contribution >= 0.6 is 15.9 Å². The van der Waals surface area contributed by atoms with Crippen molar-refractivity contribution in [2.24, 2.45) is 0 Å². The van der Waals surface area contributed by atoms with Gasteiger partial charge in [0.15, 0.2) is 0 Å². The summed E-state index contributed by atoms with van der Waals surface area (Å²) in [5.74, 6) is -0.0839. The van der Waals surface area contributed by atoms with Crippen LogP contribution in [0.4, 0.5) is 4.79 Å². The highest BCUT2D eigenvalue weighted by molar-refractivity contribution is 9.10. The van der Waals surface area contributed by atoms with E-state index in [1.807, 2.05) is 32.9 Å². The fraction of sp³-hybridized carbons (Fsp3) is 0.588. The summed E-state index contributed by atoms with van der Waals surface area (Å²) in [6.07, 6.45) is 1.22. The highest BCUT2D eigenvalue weighted by atomic mass is 79.9. The van der Waals surface area contributed by atoms with E-state index in [1.165, 1.54) is 0 Å². The monoisotopic (exact) mass is 432 g/mol. The van der Waals surface area contributed by atoms with Crippen molar-refractivity contribution in [3.8, 4) is 0 Å². The Balaban J connectivity index is 1.92. The molecular weight excluding hydrogens is 408 g/mol. The SMILES string of the molecule is CC(C)(C)OC(=O)N1CCC[C@@H]1CNS(=O)(=O)Cc1ccc(Br)cc1. The van der Waals surface area contributed by atoms with E-state index in [0.717, 1.165) is 17.3 Å². The van der Waals surface area contributed by atoms with Gasteiger partial charge >= 0.3 is 6.09 Å². The molecule has 0 aromatic heterocycles. The zero-order valence-electron chi connectivity index (χ0n) is 14.8. The highest BCUT2D eigenvalue weighted by Gasteiger charge is 2.32. The van der Waals surface area contributed by atoms with Crippen LogP contribution in [0.5, 0.6) is 0 Å². The fourth-order valence-electron chi connectivity index (χ4n) is 2.68. The third kappa shape index (κ3) is 6.60. The molecule has 0 unspecified atom stereocenters. The van der Waals surface area contributed by atoms with Crippen LogP contribution in [0.1, 0.15) is 39.2 Å². The first-order valence-corrected chi connectivity index (χ1v) is 10.7. The minimum Gasteiger partial charge on any atom is -0.444 e. The molecule has 1 fully saturated rings. The lowest BCUT2D eigenvalue weighted by Crippen LogP contribution is -2.45. The number of benzene rings is 1. The molecule has 0 saturated carbocycles. The van der Waals surface area contributed by atoms with Crippen LogP contribution in [0, 0.1) is 0 Å². The van der Waals surface area contributed by atoms with Gasteiger partial charge in [-0.1, -0.05) is 28.1 Å². The van der Waals surface area contributed by atoms with E-state index >= 15 is 0 Å². The molecule has 1 saturated heterocycles. The summed E-state index contributed by atoms with van der Waals surface area (Å²) in [4.78, 5) is 13.9. The maximum absolute atomic E-state index is 12.3. The molecule has 2 rings (SSSR count). The minimum absolute atomic E-state index is 0.0839. The Hall–Kier alpha value is -1.12. The normalized spacial score (nSPS) is 18.4. The Morgan fingerprint density at radius 3 is 2.56 bits per heavy atom. The van der Waals surface area contributed by atoms with E-state index in [4.69, 9.17) is 4.74 Å². The molecule has 0 radical (unpaired) electrons. The van der Waals surface area contributed by atoms with E-state index in [-0.39, 0.29) is 24.4 Å². The fourth-order valence-corrected chi connectivity index (χ4v) is 4.13. The van der Waals surface area contributed by atoms with Crippen LogP contribution in [-0.2, 0) is 20.5 Å². The number of sulfonamides is 1. The number of ether oxygens (including phenoxy) is 1. The molecule has 6 nitrogen and oxygen atoms in total. The molecule has 1 amide bonds. The van der Waals surface area contributed by atoms with Crippen molar-refractivity contribution < 1.29 is 17.9 Å². The molecule has 1 N–H and O–H groups in total. The molecule has 25 heavy (non-hydrogen) atoms. The quantitative estimate of drug-likeness (QED) is 0.774. The summed E-state index contributed by atoms with van der Waals surface area (Å²) < 4.78 is 33.5. The number of carbonyl (C=O) groups is 1. The van der Waals surface area contributed by atoms with E-state index in [1.54, 1.807) is 17.0 Å². The standard InChI is InChI=1S/C17H25BrN2O4S/c1-17(2,3)24-16(21)20-10-4-5-15(20)11-19-25(22,23)12-13-6-8-14(18)9-7-13/h6-9,15,19H,4-5,10-12H2,1-3H3/t15-/m1/s1. The van der Waals surface area contributed by atoms with Gasteiger partial charge in [0.05, 0.1) is 5.75 Å². The number of hydrogen-bond acceptors (Lipinski definition) is 4. The molecule has 0 aliphatic carbocycles. The summed E-state index contributed by atoms with van der Waals surface area (Å²) >= 11 is 3.33. The summed E-state index contributed by atoms with van der Waals surface area (Å²) in [6.45, 7) is 6.25. The maximum atomic E-state index is 12.3. The molecule has 0 bridgehead atoms. The van der Waals surface area contributed by atoms with Crippen molar-refractivity contribution >= 4 is 32.0 Å². The van der Waals surface area contributed by atoms with Gasteiger partial charge in [-0.05, 0) is 51.3 Å². The second-order valence-electron chi connectivity index (χ2n) is 7.20. The maximum Gasteiger partial charge on any atom is 0.410 e. The Morgan fingerprint density at radius 1 is 1.32 bits per heavy atom. The lowest BCUT2D eigenvalue weighted by molar-refractivity contribution is 0.0229. The van der Waals surface area contributed by atoms with E-state index in [9.17, 15) is 13.2 Å². The van der Waals surface area contributed by atoms with Gasteiger partial charge in [-0.2, -0.15) is 0 Å². The number of amides is 1. The molecule has 1 atom stereocenters. The van der Waals surface area contributed by atoms with Crippen molar-refractivity contribution in [3.05, 3.63) is 34.3 Å². The Morgan fingerprint density at radius 2 is 1.96 bits per heavy atom. The average molecular weight is 433 g/mol. The summed E-state index contributed by atoms with van der Waals surface area (Å²) in [5.41, 5.74) is 0.150. The largest absolute Gasteiger partial charge is 0.444 e. The zero-order chi connectivity index (χ0) is 18.7. The summed E-state index contributed by atoms with van der Waals surface area (Å²) in [6, 6.07) is 6.99. The molecule has 1 aliphatic heterocycles. The average Bonchev–Trinajstić information content (AvgIpc) is 2.94. The van der Waals surface area contributed by atoms with Crippen molar-refractivity contribution in [2.75, 3.05) is 13.1 Å². The van der Waals surface area contributed by atoms with Crippen LogP contribution in [0.15, 0.2) is 28.7 Å². The van der Waals surface area contributed by atoms with Gasteiger partial charge in [0.25, 0.3) is 0 Å². The van der Waals surface area contributed by atoms with Crippen molar-refractivity contribution in [1.29, 1.82) is 0 Å². The van der Waals surface area contributed by atoms with E-state index < -0.39 is 15.6 Å². The van der Waals surface area contributed by atoms with Gasteiger partial charge in [0, 0.05) is 23.6 Å². The van der Waals surface area contributed by atoms with Crippen LogP contribution in [0.25, 0.3) is 0 Å². The number of nitrogens with zero attached hydrogens (tertiary/aromatic N) is 1. The van der Waals surface area contributed by atoms with Crippen molar-refractivity contribution in [3.63, 3.8) is 0 Å². The lowest BCUT2D eigenvalue weighted by atomic mass is 10.2. The number of carbonyl (C=O) groups excluding carboxylic acids is 1. The molecular formula is C17H25BrN2O4S. The molecule has 1 aromatic carbocycles. The van der Waals surface area contributed by atoms with Crippen LogP contribution in [0.2, 0.25) is 0 Å². The number of likely N-dealkylation sites (tertiary alicyclic amines) is 1. The van der Waals surface area contributed by atoms with E-state index in [2.05, 4.69) is 20.7 Å². The van der Waals surface area contributed by atoms with Gasteiger partial charge < -0.3 is 9.64 Å². The first-order valence-electron chi connectivity index (χ1n) is 8.27. The molecule has 0 spiro atoms. The molecule has 8 heteroatoms. The smallest absolute Gasteiger partial charge is 0.410 e. The Bertz CT molecular complexity index is 698. The summed E-state index contributed by atoms with van der Waals surface area (Å²) in [5, 5.41) is 0. The predicted octanol–water partition coefficient (Wildman–Crippen LogP) is 3.27. The van der Waals surface area contributed by atoms with Crippen LogP contribution in [0.3, 0.4) is 0 Å². The second-order valence-corrected chi connectivity index (χ2v) is 9.93. The first kappa shape index (κ1) is 20.2. The number of hydrogen-bond donors (Lipinski definition) is 1. The number of nitrogens with one attached hydrogen (secondary N) is 1. The van der Waals surface area contributed by atoms with Gasteiger partial charge in [0.2, 0.25) is 10.0 Å². The Kier molecular flexibility index (Phi) is 6.51. The Labute approximate surface area is 158 Å². The van der Waals surface area contributed by atoms with Gasteiger partial charge in [-0.25, -0.2) is 17.9 Å². The van der Waals surface area contributed by atoms with Gasteiger partial charge in [-0.3, -0.25) is 0 Å². The molecule has 1 aromatic rings. The van der Waals surface area contributed by atoms with Crippen LogP contribution in [-0.4, -0.2) is 44.1 Å². The first-order chi connectivity index (χ1) is 11.6. The predicted molar refractivity (Wildman–Crippen MR) is 101 cm³/mol. The topological polar surface area (TPSA) is 75.7 Å². The minimum atomic E-state index is -3.46. The van der Waals surface area contributed by atoms with Gasteiger partial charge in [0.1, 0.15) is 5.60 Å². The third-order valence-electron chi connectivity index (χ3n) is 3.81. The van der Waals surface area contributed by atoms with Crippen LogP contribution < -0.4 is 4.72 Å². The molecule has 1 heterocycles.